The molecule has 18 heavy (non-hydrogen) atoms. The van der Waals surface area contributed by atoms with Gasteiger partial charge in [0.2, 0.25) is 0 Å². The van der Waals surface area contributed by atoms with Crippen LogP contribution in [0, 0.1) is 11.7 Å². The minimum absolute atomic E-state index is 0.0313. The summed E-state index contributed by atoms with van der Waals surface area (Å²) in [5.41, 5.74) is 0.0313. The SMILES string of the molecule is CC(C)C(NC(=O)c1ccc(Cl)c(F)c1)C(=O)O. The Bertz CT molecular complexity index is 476. The molecule has 0 aliphatic heterocycles. The number of nitrogens with one attached hydrogen (secondary N) is 1. The summed E-state index contributed by atoms with van der Waals surface area (Å²) in [6.45, 7) is 3.34. The molecule has 1 atom stereocenters. The molecule has 1 amide bonds. The highest BCUT2D eigenvalue weighted by Gasteiger charge is 2.24. The van der Waals surface area contributed by atoms with Gasteiger partial charge in [0.05, 0.1) is 5.02 Å². The molecule has 98 valence electrons. The third-order valence-electron chi connectivity index (χ3n) is 2.40. The lowest BCUT2D eigenvalue weighted by atomic mass is 10.0. The van der Waals surface area contributed by atoms with Gasteiger partial charge in [-0.1, -0.05) is 25.4 Å². The molecule has 0 aliphatic carbocycles. The zero-order valence-corrected chi connectivity index (χ0v) is 10.7. The highest BCUT2D eigenvalue weighted by molar-refractivity contribution is 6.30. The summed E-state index contributed by atoms with van der Waals surface area (Å²) in [7, 11) is 0. The minimum atomic E-state index is -1.13. The lowest BCUT2D eigenvalue weighted by Gasteiger charge is -2.17. The van der Waals surface area contributed by atoms with Gasteiger partial charge in [-0.05, 0) is 24.1 Å². The Kier molecular flexibility index (Phi) is 4.67. The van der Waals surface area contributed by atoms with Gasteiger partial charge in [-0.3, -0.25) is 4.79 Å². The van der Waals surface area contributed by atoms with Crippen molar-refractivity contribution in [3.8, 4) is 0 Å². The van der Waals surface area contributed by atoms with E-state index in [9.17, 15) is 14.0 Å². The van der Waals surface area contributed by atoms with Gasteiger partial charge in [0.25, 0.3) is 5.91 Å². The molecule has 1 rings (SSSR count). The number of carboxylic acids is 1. The molecule has 6 heteroatoms. The predicted octanol–water partition coefficient (Wildman–Crippen LogP) is 2.32. The van der Waals surface area contributed by atoms with E-state index in [1.165, 1.54) is 12.1 Å². The number of aliphatic carboxylic acids is 1. The van der Waals surface area contributed by atoms with Crippen molar-refractivity contribution in [3.63, 3.8) is 0 Å². The summed E-state index contributed by atoms with van der Waals surface area (Å²) in [5, 5.41) is 11.2. The molecule has 0 radical (unpaired) electrons. The molecule has 0 spiro atoms. The van der Waals surface area contributed by atoms with Crippen LogP contribution in [0.3, 0.4) is 0 Å². The van der Waals surface area contributed by atoms with E-state index in [-0.39, 0.29) is 16.5 Å². The van der Waals surface area contributed by atoms with E-state index in [2.05, 4.69) is 5.32 Å². The Labute approximate surface area is 109 Å². The lowest BCUT2D eigenvalue weighted by Crippen LogP contribution is -2.44. The minimum Gasteiger partial charge on any atom is -0.480 e. The molecule has 1 aromatic rings. The number of hydrogen-bond acceptors (Lipinski definition) is 2. The van der Waals surface area contributed by atoms with Crippen molar-refractivity contribution in [2.75, 3.05) is 0 Å². The number of amides is 1. The maximum Gasteiger partial charge on any atom is 0.326 e. The van der Waals surface area contributed by atoms with Crippen molar-refractivity contribution in [1.29, 1.82) is 0 Å². The number of rotatable bonds is 4. The smallest absolute Gasteiger partial charge is 0.326 e. The second-order valence-corrected chi connectivity index (χ2v) is 4.57. The summed E-state index contributed by atoms with van der Waals surface area (Å²) < 4.78 is 13.2. The Morgan fingerprint density at radius 2 is 2.00 bits per heavy atom. The van der Waals surface area contributed by atoms with Crippen molar-refractivity contribution < 1.29 is 19.1 Å². The van der Waals surface area contributed by atoms with Crippen LogP contribution < -0.4 is 5.32 Å². The average molecular weight is 274 g/mol. The van der Waals surface area contributed by atoms with Crippen LogP contribution in [0.4, 0.5) is 4.39 Å². The number of carbonyl (C=O) groups is 2. The fourth-order valence-corrected chi connectivity index (χ4v) is 1.49. The topological polar surface area (TPSA) is 66.4 Å². The fourth-order valence-electron chi connectivity index (χ4n) is 1.38. The van der Waals surface area contributed by atoms with Crippen molar-refractivity contribution in [2.45, 2.75) is 19.9 Å². The predicted molar refractivity (Wildman–Crippen MR) is 65.1 cm³/mol. The van der Waals surface area contributed by atoms with Crippen LogP contribution in [0.15, 0.2) is 18.2 Å². The fraction of sp³-hybridized carbons (Fsp3) is 0.333. The third kappa shape index (κ3) is 3.43. The van der Waals surface area contributed by atoms with E-state index in [1.807, 2.05) is 0 Å². The molecule has 0 aromatic heterocycles. The number of hydrogen-bond donors (Lipinski definition) is 2. The van der Waals surface area contributed by atoms with Crippen LogP contribution in [0.5, 0.6) is 0 Å². The van der Waals surface area contributed by atoms with Gasteiger partial charge in [-0.25, -0.2) is 9.18 Å². The number of benzene rings is 1. The van der Waals surface area contributed by atoms with Gasteiger partial charge in [0, 0.05) is 5.56 Å². The van der Waals surface area contributed by atoms with Crippen molar-refractivity contribution >= 4 is 23.5 Å². The van der Waals surface area contributed by atoms with Gasteiger partial charge in [-0.15, -0.1) is 0 Å². The van der Waals surface area contributed by atoms with Crippen LogP contribution in [-0.4, -0.2) is 23.0 Å². The number of carbonyl (C=O) groups excluding carboxylic acids is 1. The molecule has 1 unspecified atom stereocenters. The van der Waals surface area contributed by atoms with Crippen LogP contribution in [0.25, 0.3) is 0 Å². The van der Waals surface area contributed by atoms with E-state index in [1.54, 1.807) is 13.8 Å². The van der Waals surface area contributed by atoms with E-state index in [0.29, 0.717) is 0 Å². The first kappa shape index (κ1) is 14.4. The first-order valence-electron chi connectivity index (χ1n) is 5.31. The van der Waals surface area contributed by atoms with Gasteiger partial charge in [0.1, 0.15) is 11.9 Å². The summed E-state index contributed by atoms with van der Waals surface area (Å²) in [4.78, 5) is 22.7. The molecule has 0 aliphatic rings. The van der Waals surface area contributed by atoms with Gasteiger partial charge < -0.3 is 10.4 Å². The largest absolute Gasteiger partial charge is 0.480 e. The molecule has 0 heterocycles. The second-order valence-electron chi connectivity index (χ2n) is 4.16. The van der Waals surface area contributed by atoms with Crippen LogP contribution >= 0.6 is 11.6 Å². The summed E-state index contributed by atoms with van der Waals surface area (Å²) in [6, 6.07) is 2.53. The highest BCUT2D eigenvalue weighted by atomic mass is 35.5. The van der Waals surface area contributed by atoms with Crippen molar-refractivity contribution in [2.24, 2.45) is 5.92 Å². The molecule has 0 fully saturated rings. The maximum absolute atomic E-state index is 13.2. The first-order valence-corrected chi connectivity index (χ1v) is 5.69. The highest BCUT2D eigenvalue weighted by Crippen LogP contribution is 2.15. The van der Waals surface area contributed by atoms with Crippen molar-refractivity contribution in [3.05, 3.63) is 34.6 Å². The standard InChI is InChI=1S/C12H13ClFNO3/c1-6(2)10(12(17)18)15-11(16)7-3-4-8(13)9(14)5-7/h3-6,10H,1-2H3,(H,15,16)(H,17,18). The number of halogens is 2. The quantitative estimate of drug-likeness (QED) is 0.885. The zero-order chi connectivity index (χ0) is 13.9. The van der Waals surface area contributed by atoms with E-state index in [4.69, 9.17) is 16.7 Å². The summed E-state index contributed by atoms with van der Waals surface area (Å²) in [5.74, 6) is -2.77. The van der Waals surface area contributed by atoms with Gasteiger partial charge >= 0.3 is 5.97 Å². The molecule has 1 aromatic carbocycles. The van der Waals surface area contributed by atoms with Gasteiger partial charge in [-0.2, -0.15) is 0 Å². The second kappa shape index (κ2) is 5.82. The van der Waals surface area contributed by atoms with Crippen LogP contribution in [-0.2, 0) is 4.79 Å². The van der Waals surface area contributed by atoms with Crippen molar-refractivity contribution in [1.82, 2.24) is 5.32 Å². The van der Waals surface area contributed by atoms with Gasteiger partial charge in [0.15, 0.2) is 0 Å². The molecule has 4 nitrogen and oxygen atoms in total. The molecule has 0 saturated heterocycles. The monoisotopic (exact) mass is 273 g/mol. The summed E-state index contributed by atoms with van der Waals surface area (Å²) >= 11 is 5.49. The lowest BCUT2D eigenvalue weighted by molar-refractivity contribution is -0.140. The molecule has 0 saturated carbocycles. The average Bonchev–Trinajstić information content (AvgIpc) is 2.28. The Morgan fingerprint density at radius 3 is 2.44 bits per heavy atom. The first-order chi connectivity index (χ1) is 8.32. The molecule has 0 bridgehead atoms. The Morgan fingerprint density at radius 1 is 1.39 bits per heavy atom. The Balaban J connectivity index is 2.87. The van der Waals surface area contributed by atoms with Crippen LogP contribution in [0.1, 0.15) is 24.2 Å². The molecule has 2 N–H and O–H groups in total. The normalized spacial score (nSPS) is 12.3. The molecular formula is C12H13ClFNO3. The zero-order valence-electron chi connectivity index (χ0n) is 9.91. The van der Waals surface area contributed by atoms with E-state index < -0.39 is 23.7 Å². The number of carboxylic acid groups (broad SMARTS) is 1. The third-order valence-corrected chi connectivity index (χ3v) is 2.71. The summed E-state index contributed by atoms with van der Waals surface area (Å²) in [6.07, 6.45) is 0. The Hall–Kier alpha value is -1.62. The molecular weight excluding hydrogens is 261 g/mol. The maximum atomic E-state index is 13.2. The van der Waals surface area contributed by atoms with E-state index in [0.717, 1.165) is 6.07 Å². The van der Waals surface area contributed by atoms with Crippen LogP contribution in [0.2, 0.25) is 5.02 Å². The van der Waals surface area contributed by atoms with E-state index >= 15 is 0 Å².